The second kappa shape index (κ2) is 6.36. The molecular formula is C14H12N4O2. The number of ether oxygens (including phenoxy) is 1. The highest BCUT2D eigenvalue weighted by atomic mass is 16.5. The predicted octanol–water partition coefficient (Wildman–Crippen LogP) is 3.35. The Bertz CT molecular complexity index is 664. The summed E-state index contributed by atoms with van der Waals surface area (Å²) in [6.07, 6.45) is 1.68. The Labute approximate surface area is 115 Å². The molecule has 0 N–H and O–H groups in total. The largest absolute Gasteiger partial charge is 0.465 e. The lowest BCUT2D eigenvalue weighted by atomic mass is 10.0. The summed E-state index contributed by atoms with van der Waals surface area (Å²) in [5, 5.41) is 3.56. The molecule has 0 fully saturated rings. The van der Waals surface area contributed by atoms with Gasteiger partial charge in [-0.1, -0.05) is 17.2 Å². The minimum atomic E-state index is -0.431. The number of carbonyl (C=O) groups excluding carboxylic acids is 1. The molecule has 0 amide bonds. The van der Waals surface area contributed by atoms with Gasteiger partial charge in [0, 0.05) is 16.7 Å². The zero-order valence-corrected chi connectivity index (χ0v) is 10.9. The van der Waals surface area contributed by atoms with Gasteiger partial charge in [0.1, 0.15) is 0 Å². The van der Waals surface area contributed by atoms with E-state index in [9.17, 15) is 4.79 Å². The Morgan fingerprint density at radius 3 is 2.90 bits per heavy atom. The van der Waals surface area contributed by atoms with E-state index in [4.69, 9.17) is 5.53 Å². The second-order valence-corrected chi connectivity index (χ2v) is 3.97. The van der Waals surface area contributed by atoms with Crippen LogP contribution in [-0.4, -0.2) is 18.1 Å². The van der Waals surface area contributed by atoms with E-state index in [2.05, 4.69) is 19.7 Å². The normalized spacial score (nSPS) is 9.65. The third-order valence-corrected chi connectivity index (χ3v) is 2.77. The highest BCUT2D eigenvalue weighted by molar-refractivity contribution is 5.90. The molecule has 1 heterocycles. The van der Waals surface area contributed by atoms with Crippen LogP contribution in [0.3, 0.4) is 0 Å². The van der Waals surface area contributed by atoms with Crippen LogP contribution in [0.4, 0.5) is 0 Å². The predicted molar refractivity (Wildman–Crippen MR) is 73.9 cm³/mol. The number of hydrogen-bond donors (Lipinski definition) is 0. The molecule has 0 saturated heterocycles. The summed E-state index contributed by atoms with van der Waals surface area (Å²) >= 11 is 0. The zero-order chi connectivity index (χ0) is 14.4. The maximum absolute atomic E-state index is 11.5. The standard InChI is InChI=1S/C14H12N4O2/c1-20-14(19)10-5-6-12(11(8-10)9-17-18-15)13-4-2-3-7-16-13/h2-8H,9H2,1H3. The number of methoxy groups -OCH3 is 1. The first-order chi connectivity index (χ1) is 9.76. The van der Waals surface area contributed by atoms with E-state index < -0.39 is 5.97 Å². The minimum absolute atomic E-state index is 0.146. The summed E-state index contributed by atoms with van der Waals surface area (Å²) in [7, 11) is 1.32. The zero-order valence-electron chi connectivity index (χ0n) is 10.9. The Hall–Kier alpha value is -2.85. The fourth-order valence-electron chi connectivity index (χ4n) is 1.85. The molecule has 0 atom stereocenters. The number of azide groups is 1. The number of rotatable bonds is 4. The van der Waals surface area contributed by atoms with Crippen molar-refractivity contribution in [2.75, 3.05) is 7.11 Å². The number of esters is 1. The molecule has 0 saturated carbocycles. The molecule has 100 valence electrons. The molecule has 0 unspecified atom stereocenters. The van der Waals surface area contributed by atoms with Crippen LogP contribution in [0.2, 0.25) is 0 Å². The topological polar surface area (TPSA) is 88.0 Å². The minimum Gasteiger partial charge on any atom is -0.465 e. The van der Waals surface area contributed by atoms with Gasteiger partial charge >= 0.3 is 5.97 Å². The van der Waals surface area contributed by atoms with Crippen LogP contribution in [-0.2, 0) is 11.3 Å². The van der Waals surface area contributed by atoms with Crippen molar-refractivity contribution in [1.29, 1.82) is 0 Å². The molecule has 1 aromatic heterocycles. The van der Waals surface area contributed by atoms with Gasteiger partial charge in [0.05, 0.1) is 24.9 Å². The Kier molecular flexibility index (Phi) is 4.32. The Morgan fingerprint density at radius 1 is 1.40 bits per heavy atom. The van der Waals surface area contributed by atoms with Crippen molar-refractivity contribution in [1.82, 2.24) is 4.98 Å². The van der Waals surface area contributed by atoms with Crippen LogP contribution in [0.15, 0.2) is 47.7 Å². The van der Waals surface area contributed by atoms with Gasteiger partial charge in [-0.05, 0) is 35.4 Å². The lowest BCUT2D eigenvalue weighted by molar-refractivity contribution is 0.0600. The number of benzene rings is 1. The van der Waals surface area contributed by atoms with E-state index in [-0.39, 0.29) is 6.54 Å². The SMILES string of the molecule is COC(=O)c1ccc(-c2ccccn2)c(CN=[N+]=[N-])c1. The lowest BCUT2D eigenvalue weighted by Gasteiger charge is -2.09. The average Bonchev–Trinajstić information content (AvgIpc) is 2.52. The summed E-state index contributed by atoms with van der Waals surface area (Å²) in [5.41, 5.74) is 11.2. The number of nitrogens with zero attached hydrogens (tertiary/aromatic N) is 4. The molecule has 2 aromatic rings. The molecule has 0 aliphatic rings. The molecule has 0 radical (unpaired) electrons. The summed E-state index contributed by atoms with van der Waals surface area (Å²) in [6.45, 7) is 0.146. The maximum Gasteiger partial charge on any atom is 0.337 e. The second-order valence-electron chi connectivity index (χ2n) is 3.97. The van der Waals surface area contributed by atoms with Crippen molar-refractivity contribution in [2.45, 2.75) is 6.54 Å². The van der Waals surface area contributed by atoms with E-state index in [1.54, 1.807) is 24.4 Å². The van der Waals surface area contributed by atoms with Gasteiger partial charge in [0.15, 0.2) is 0 Å². The molecule has 0 bridgehead atoms. The van der Waals surface area contributed by atoms with Crippen molar-refractivity contribution < 1.29 is 9.53 Å². The van der Waals surface area contributed by atoms with Crippen LogP contribution in [0, 0.1) is 0 Å². The van der Waals surface area contributed by atoms with Crippen molar-refractivity contribution in [3.05, 3.63) is 64.2 Å². The fraction of sp³-hybridized carbons (Fsp3) is 0.143. The molecule has 6 heteroatoms. The summed E-state index contributed by atoms with van der Waals surface area (Å²) in [5.74, 6) is -0.431. The van der Waals surface area contributed by atoms with Gasteiger partial charge in [-0.3, -0.25) is 4.98 Å². The highest BCUT2D eigenvalue weighted by Gasteiger charge is 2.11. The highest BCUT2D eigenvalue weighted by Crippen LogP contribution is 2.24. The van der Waals surface area contributed by atoms with E-state index in [0.29, 0.717) is 5.56 Å². The van der Waals surface area contributed by atoms with Gasteiger partial charge in [-0.15, -0.1) is 0 Å². The lowest BCUT2D eigenvalue weighted by Crippen LogP contribution is -2.02. The van der Waals surface area contributed by atoms with Crippen molar-refractivity contribution in [2.24, 2.45) is 5.11 Å². The quantitative estimate of drug-likeness (QED) is 0.368. The number of carbonyl (C=O) groups is 1. The van der Waals surface area contributed by atoms with Gasteiger partial charge in [-0.25, -0.2) is 4.79 Å². The molecule has 2 rings (SSSR count). The molecular weight excluding hydrogens is 256 g/mol. The van der Waals surface area contributed by atoms with Gasteiger partial charge in [0.25, 0.3) is 0 Å². The van der Waals surface area contributed by atoms with Gasteiger partial charge in [-0.2, -0.15) is 0 Å². The smallest absolute Gasteiger partial charge is 0.337 e. The number of pyridine rings is 1. The van der Waals surface area contributed by atoms with Crippen LogP contribution >= 0.6 is 0 Å². The van der Waals surface area contributed by atoms with Crippen molar-refractivity contribution >= 4 is 5.97 Å². The molecule has 6 nitrogen and oxygen atoms in total. The summed E-state index contributed by atoms with van der Waals surface area (Å²) < 4.78 is 4.68. The Balaban J connectivity index is 2.50. The fourth-order valence-corrected chi connectivity index (χ4v) is 1.85. The first-order valence-corrected chi connectivity index (χ1v) is 5.89. The average molecular weight is 268 g/mol. The first-order valence-electron chi connectivity index (χ1n) is 5.89. The third-order valence-electron chi connectivity index (χ3n) is 2.77. The molecule has 1 aromatic carbocycles. The first kappa shape index (κ1) is 13.6. The van der Waals surface area contributed by atoms with Crippen LogP contribution in [0.5, 0.6) is 0 Å². The third kappa shape index (κ3) is 2.93. The maximum atomic E-state index is 11.5. The van der Waals surface area contributed by atoms with Gasteiger partial charge < -0.3 is 4.74 Å². The molecule has 0 aliphatic heterocycles. The Morgan fingerprint density at radius 2 is 2.25 bits per heavy atom. The van der Waals surface area contributed by atoms with Crippen LogP contribution in [0.1, 0.15) is 15.9 Å². The van der Waals surface area contributed by atoms with Crippen molar-refractivity contribution in [3.63, 3.8) is 0 Å². The van der Waals surface area contributed by atoms with Crippen molar-refractivity contribution in [3.8, 4) is 11.3 Å². The van der Waals surface area contributed by atoms with Crippen LogP contribution < -0.4 is 0 Å². The van der Waals surface area contributed by atoms with E-state index in [0.717, 1.165) is 16.8 Å². The summed E-state index contributed by atoms with van der Waals surface area (Å²) in [6, 6.07) is 10.6. The molecule has 20 heavy (non-hydrogen) atoms. The number of aromatic nitrogens is 1. The number of hydrogen-bond acceptors (Lipinski definition) is 4. The molecule has 0 aliphatic carbocycles. The van der Waals surface area contributed by atoms with E-state index >= 15 is 0 Å². The summed E-state index contributed by atoms with van der Waals surface area (Å²) in [4.78, 5) is 18.6. The van der Waals surface area contributed by atoms with Crippen LogP contribution in [0.25, 0.3) is 21.7 Å². The van der Waals surface area contributed by atoms with E-state index in [1.165, 1.54) is 7.11 Å². The molecule has 0 spiro atoms. The van der Waals surface area contributed by atoms with Gasteiger partial charge in [0.2, 0.25) is 0 Å². The van der Waals surface area contributed by atoms with E-state index in [1.807, 2.05) is 18.2 Å². The monoisotopic (exact) mass is 268 g/mol.